The first kappa shape index (κ1) is 13.5. The summed E-state index contributed by atoms with van der Waals surface area (Å²) in [6.07, 6.45) is 0. The first-order valence-electron chi connectivity index (χ1n) is 6.35. The van der Waals surface area contributed by atoms with Gasteiger partial charge in [0.2, 0.25) is 5.91 Å². The van der Waals surface area contributed by atoms with Crippen molar-refractivity contribution in [2.75, 3.05) is 39.8 Å². The molecule has 1 amide bonds. The van der Waals surface area contributed by atoms with E-state index in [4.69, 9.17) is 0 Å². The molecule has 1 aliphatic heterocycles. The summed E-state index contributed by atoms with van der Waals surface area (Å²) in [4.78, 5) is 16.2. The molecule has 1 aliphatic rings. The number of piperazine rings is 1. The molecule has 0 radical (unpaired) electrons. The summed E-state index contributed by atoms with van der Waals surface area (Å²) in [5, 5.41) is 7.52. The molecular formula is C13H21N3OS. The molecule has 18 heavy (non-hydrogen) atoms. The Hall–Kier alpha value is -0.910. The van der Waals surface area contributed by atoms with E-state index in [1.54, 1.807) is 11.3 Å². The molecule has 0 saturated carbocycles. The third-order valence-corrected chi connectivity index (χ3v) is 4.32. The van der Waals surface area contributed by atoms with Crippen LogP contribution < -0.4 is 5.32 Å². The van der Waals surface area contributed by atoms with E-state index in [9.17, 15) is 4.79 Å². The molecule has 1 aromatic rings. The molecule has 0 aromatic carbocycles. The van der Waals surface area contributed by atoms with Gasteiger partial charge in [-0.15, -0.1) is 0 Å². The molecule has 1 fully saturated rings. The van der Waals surface area contributed by atoms with E-state index in [-0.39, 0.29) is 5.91 Å². The average Bonchev–Trinajstić information content (AvgIpc) is 2.76. The van der Waals surface area contributed by atoms with E-state index in [1.165, 1.54) is 11.1 Å². The Labute approximate surface area is 113 Å². The lowest BCUT2D eigenvalue weighted by Crippen LogP contribution is -2.49. The second-order valence-corrected chi connectivity index (χ2v) is 5.61. The van der Waals surface area contributed by atoms with Crippen LogP contribution in [0.2, 0.25) is 0 Å². The highest BCUT2D eigenvalue weighted by Gasteiger charge is 2.18. The molecule has 1 saturated heterocycles. The van der Waals surface area contributed by atoms with Crippen molar-refractivity contribution in [2.24, 2.45) is 0 Å². The smallest absolute Gasteiger partial charge is 0.236 e. The van der Waals surface area contributed by atoms with Crippen LogP contribution in [0, 0.1) is 6.92 Å². The summed E-state index contributed by atoms with van der Waals surface area (Å²) in [5.41, 5.74) is 2.60. The van der Waals surface area contributed by atoms with Crippen LogP contribution in [0.25, 0.3) is 0 Å². The fourth-order valence-electron chi connectivity index (χ4n) is 2.04. The first-order chi connectivity index (χ1) is 8.66. The Morgan fingerprint density at radius 1 is 1.33 bits per heavy atom. The Balaban J connectivity index is 1.70. The molecule has 0 unspecified atom stereocenters. The van der Waals surface area contributed by atoms with Crippen molar-refractivity contribution in [3.8, 4) is 0 Å². The van der Waals surface area contributed by atoms with Gasteiger partial charge in [-0.3, -0.25) is 4.79 Å². The summed E-state index contributed by atoms with van der Waals surface area (Å²) in [6.45, 7) is 7.01. The third kappa shape index (κ3) is 3.54. The molecular weight excluding hydrogens is 246 g/mol. The van der Waals surface area contributed by atoms with Crippen molar-refractivity contribution >= 4 is 17.2 Å². The van der Waals surface area contributed by atoms with Crippen LogP contribution in [-0.2, 0) is 11.3 Å². The Bertz CT molecular complexity index is 397. The highest BCUT2D eigenvalue weighted by molar-refractivity contribution is 7.08. The summed E-state index contributed by atoms with van der Waals surface area (Å²) in [6, 6.07) is 0. The average molecular weight is 267 g/mol. The molecule has 5 heteroatoms. The van der Waals surface area contributed by atoms with E-state index >= 15 is 0 Å². The number of carbonyl (C=O) groups is 1. The van der Waals surface area contributed by atoms with Crippen molar-refractivity contribution in [1.29, 1.82) is 0 Å². The van der Waals surface area contributed by atoms with Gasteiger partial charge in [-0.25, -0.2) is 0 Å². The Morgan fingerprint density at radius 2 is 2.06 bits per heavy atom. The molecule has 0 atom stereocenters. The zero-order valence-electron chi connectivity index (χ0n) is 11.1. The number of amides is 1. The van der Waals surface area contributed by atoms with Gasteiger partial charge >= 0.3 is 0 Å². The van der Waals surface area contributed by atoms with Gasteiger partial charge in [-0.1, -0.05) is 0 Å². The van der Waals surface area contributed by atoms with Crippen LogP contribution in [0.5, 0.6) is 0 Å². The van der Waals surface area contributed by atoms with Gasteiger partial charge in [0.25, 0.3) is 0 Å². The van der Waals surface area contributed by atoms with Gasteiger partial charge in [-0.05, 0) is 35.9 Å². The minimum absolute atomic E-state index is 0.219. The van der Waals surface area contributed by atoms with Crippen LogP contribution in [-0.4, -0.2) is 55.5 Å². The van der Waals surface area contributed by atoms with Gasteiger partial charge < -0.3 is 15.1 Å². The molecule has 0 spiro atoms. The third-order valence-electron chi connectivity index (χ3n) is 3.41. The molecule has 0 aliphatic carbocycles. The number of hydrogen-bond acceptors (Lipinski definition) is 4. The lowest BCUT2D eigenvalue weighted by Gasteiger charge is -2.32. The number of nitrogens with one attached hydrogen (secondary N) is 1. The van der Waals surface area contributed by atoms with Gasteiger partial charge in [0, 0.05) is 32.7 Å². The van der Waals surface area contributed by atoms with Crippen LogP contribution in [0.4, 0.5) is 0 Å². The van der Waals surface area contributed by atoms with Crippen molar-refractivity contribution in [1.82, 2.24) is 15.1 Å². The van der Waals surface area contributed by atoms with Gasteiger partial charge in [0.1, 0.15) is 0 Å². The zero-order valence-corrected chi connectivity index (χ0v) is 11.9. The number of carbonyl (C=O) groups excluding carboxylic acids is 1. The van der Waals surface area contributed by atoms with Crippen LogP contribution in [0.1, 0.15) is 11.1 Å². The van der Waals surface area contributed by atoms with E-state index in [0.717, 1.165) is 32.7 Å². The lowest BCUT2D eigenvalue weighted by atomic mass is 10.2. The van der Waals surface area contributed by atoms with Gasteiger partial charge in [0.15, 0.2) is 0 Å². The minimum Gasteiger partial charge on any atom is -0.339 e. The zero-order chi connectivity index (χ0) is 13.0. The summed E-state index contributed by atoms with van der Waals surface area (Å²) in [5.74, 6) is 0.219. The second kappa shape index (κ2) is 6.31. The maximum Gasteiger partial charge on any atom is 0.236 e. The Morgan fingerprint density at radius 3 is 2.67 bits per heavy atom. The minimum atomic E-state index is 0.219. The number of thiophene rings is 1. The summed E-state index contributed by atoms with van der Waals surface area (Å²) >= 11 is 1.71. The maximum absolute atomic E-state index is 12.0. The number of aryl methyl sites for hydroxylation is 1. The quantitative estimate of drug-likeness (QED) is 0.881. The van der Waals surface area contributed by atoms with Crippen LogP contribution >= 0.6 is 11.3 Å². The molecule has 1 aromatic heterocycles. The maximum atomic E-state index is 12.0. The van der Waals surface area contributed by atoms with Crippen molar-refractivity contribution < 1.29 is 4.79 Å². The van der Waals surface area contributed by atoms with Gasteiger partial charge in [-0.2, -0.15) is 11.3 Å². The molecule has 0 bridgehead atoms. The fourth-order valence-corrected chi connectivity index (χ4v) is 2.90. The molecule has 4 nitrogen and oxygen atoms in total. The Kier molecular flexibility index (Phi) is 4.74. The number of likely N-dealkylation sites (N-methyl/N-ethyl adjacent to an activating group) is 1. The molecule has 2 heterocycles. The number of rotatable bonds is 4. The second-order valence-electron chi connectivity index (χ2n) is 4.87. The largest absolute Gasteiger partial charge is 0.339 e. The SMILES string of the molecule is Cc1cscc1CNCC(=O)N1CCN(C)CC1. The fraction of sp³-hybridized carbons (Fsp3) is 0.615. The summed E-state index contributed by atoms with van der Waals surface area (Å²) in [7, 11) is 2.10. The monoisotopic (exact) mass is 267 g/mol. The lowest BCUT2D eigenvalue weighted by molar-refractivity contribution is -0.131. The highest BCUT2D eigenvalue weighted by Crippen LogP contribution is 2.12. The van der Waals surface area contributed by atoms with Crippen LogP contribution in [0.15, 0.2) is 10.8 Å². The molecule has 100 valence electrons. The number of hydrogen-bond donors (Lipinski definition) is 1. The topological polar surface area (TPSA) is 35.6 Å². The van der Waals surface area contributed by atoms with E-state index < -0.39 is 0 Å². The molecule has 1 N–H and O–H groups in total. The predicted molar refractivity (Wildman–Crippen MR) is 74.8 cm³/mol. The standard InChI is InChI=1S/C13H21N3OS/c1-11-9-18-10-12(11)7-14-8-13(17)16-5-3-15(2)4-6-16/h9-10,14H,3-8H2,1-2H3. The summed E-state index contributed by atoms with van der Waals surface area (Å²) < 4.78 is 0. The van der Waals surface area contributed by atoms with Gasteiger partial charge in [0.05, 0.1) is 6.54 Å². The van der Waals surface area contributed by atoms with Crippen molar-refractivity contribution in [2.45, 2.75) is 13.5 Å². The van der Waals surface area contributed by atoms with E-state index in [0.29, 0.717) is 6.54 Å². The normalized spacial score (nSPS) is 17.1. The van der Waals surface area contributed by atoms with Crippen molar-refractivity contribution in [3.05, 3.63) is 21.9 Å². The predicted octanol–water partition coefficient (Wildman–Crippen LogP) is 0.920. The first-order valence-corrected chi connectivity index (χ1v) is 7.30. The van der Waals surface area contributed by atoms with E-state index in [1.807, 2.05) is 4.90 Å². The molecule has 2 rings (SSSR count). The number of nitrogens with zero attached hydrogens (tertiary/aromatic N) is 2. The highest BCUT2D eigenvalue weighted by atomic mass is 32.1. The van der Waals surface area contributed by atoms with Crippen LogP contribution in [0.3, 0.4) is 0 Å². The van der Waals surface area contributed by atoms with Crippen molar-refractivity contribution in [3.63, 3.8) is 0 Å². The van der Waals surface area contributed by atoms with E-state index in [2.05, 4.69) is 34.9 Å².